The molecule has 1 aliphatic heterocycles. The lowest BCUT2D eigenvalue weighted by Crippen LogP contribution is -2.37. The number of hydrogen-bond donors (Lipinski definition) is 1. The quantitative estimate of drug-likeness (QED) is 0.753. The van der Waals surface area contributed by atoms with Gasteiger partial charge in [-0.15, -0.1) is 0 Å². The Kier molecular flexibility index (Phi) is 3.56. The third-order valence-electron chi connectivity index (χ3n) is 2.71. The Morgan fingerprint density at radius 1 is 1.50 bits per heavy atom. The van der Waals surface area contributed by atoms with Gasteiger partial charge in [0.25, 0.3) is 0 Å². The van der Waals surface area contributed by atoms with Crippen molar-refractivity contribution < 1.29 is 9.47 Å². The van der Waals surface area contributed by atoms with Crippen molar-refractivity contribution in [2.45, 2.75) is 57.8 Å². The first-order chi connectivity index (χ1) is 6.35. The van der Waals surface area contributed by atoms with Crippen LogP contribution in [0, 0.1) is 0 Å². The lowest BCUT2D eigenvalue weighted by atomic mass is 10.1. The summed E-state index contributed by atoms with van der Waals surface area (Å²) in [6.45, 7) is 9.47. The van der Waals surface area contributed by atoms with E-state index < -0.39 is 0 Å². The Balaban J connectivity index is 2.27. The molecule has 0 aliphatic carbocycles. The largest absolute Gasteiger partial charge is 0.372 e. The molecule has 1 unspecified atom stereocenters. The molecule has 1 rings (SSSR count). The molecule has 3 heteroatoms. The van der Waals surface area contributed by atoms with E-state index in [1.54, 1.807) is 0 Å². The van der Waals surface area contributed by atoms with E-state index in [2.05, 4.69) is 13.8 Å². The molecule has 0 saturated carbocycles. The van der Waals surface area contributed by atoms with Crippen LogP contribution >= 0.6 is 0 Å². The van der Waals surface area contributed by atoms with Gasteiger partial charge in [0.15, 0.2) is 0 Å². The molecule has 1 saturated heterocycles. The average molecular weight is 201 g/mol. The average Bonchev–Trinajstić information content (AvgIpc) is 2.43. The molecule has 14 heavy (non-hydrogen) atoms. The van der Waals surface area contributed by atoms with Gasteiger partial charge in [0.2, 0.25) is 0 Å². The molecule has 0 radical (unpaired) electrons. The van der Waals surface area contributed by atoms with Gasteiger partial charge in [-0.3, -0.25) is 0 Å². The van der Waals surface area contributed by atoms with Crippen molar-refractivity contribution >= 4 is 0 Å². The van der Waals surface area contributed by atoms with E-state index in [1.807, 2.05) is 13.8 Å². The topological polar surface area (TPSA) is 44.5 Å². The van der Waals surface area contributed by atoms with Gasteiger partial charge in [0, 0.05) is 6.54 Å². The van der Waals surface area contributed by atoms with Crippen molar-refractivity contribution in [1.29, 1.82) is 0 Å². The second-order valence-corrected chi connectivity index (χ2v) is 5.31. The van der Waals surface area contributed by atoms with Crippen LogP contribution in [0.4, 0.5) is 0 Å². The summed E-state index contributed by atoms with van der Waals surface area (Å²) in [6.07, 6.45) is 2.45. The number of nitrogens with two attached hydrogens (primary N) is 1. The highest BCUT2D eigenvalue weighted by molar-refractivity contribution is 4.81. The third-order valence-corrected chi connectivity index (χ3v) is 2.71. The maximum atomic E-state index is 5.82. The molecule has 0 aromatic heterocycles. The van der Waals surface area contributed by atoms with E-state index in [0.717, 1.165) is 12.8 Å². The fourth-order valence-corrected chi connectivity index (χ4v) is 1.57. The Hall–Kier alpha value is -0.120. The van der Waals surface area contributed by atoms with E-state index in [1.165, 1.54) is 0 Å². The van der Waals surface area contributed by atoms with Crippen molar-refractivity contribution in [2.75, 3.05) is 13.2 Å². The van der Waals surface area contributed by atoms with E-state index in [4.69, 9.17) is 15.2 Å². The van der Waals surface area contributed by atoms with Crippen LogP contribution in [-0.2, 0) is 9.47 Å². The van der Waals surface area contributed by atoms with E-state index in [0.29, 0.717) is 13.2 Å². The standard InChI is InChI=1S/C11H23NO2/c1-10(2)6-5-9(14-10)7-13-11(3,4)8-12/h9H,5-8,12H2,1-4H3. The highest BCUT2D eigenvalue weighted by atomic mass is 16.6. The summed E-state index contributed by atoms with van der Waals surface area (Å²) < 4.78 is 11.5. The smallest absolute Gasteiger partial charge is 0.0817 e. The molecule has 1 aliphatic rings. The van der Waals surface area contributed by atoms with Gasteiger partial charge in [-0.25, -0.2) is 0 Å². The van der Waals surface area contributed by atoms with Crippen LogP contribution in [0.1, 0.15) is 40.5 Å². The molecule has 1 heterocycles. The molecule has 0 aromatic carbocycles. The van der Waals surface area contributed by atoms with Crippen LogP contribution in [0.3, 0.4) is 0 Å². The van der Waals surface area contributed by atoms with Gasteiger partial charge in [-0.2, -0.15) is 0 Å². The number of ether oxygens (including phenoxy) is 2. The number of hydrogen-bond acceptors (Lipinski definition) is 3. The van der Waals surface area contributed by atoms with Crippen LogP contribution in [0.2, 0.25) is 0 Å². The molecular weight excluding hydrogens is 178 g/mol. The zero-order valence-corrected chi connectivity index (χ0v) is 9.80. The van der Waals surface area contributed by atoms with Crippen LogP contribution in [0.25, 0.3) is 0 Å². The summed E-state index contributed by atoms with van der Waals surface area (Å²) in [5.74, 6) is 0. The predicted octanol–water partition coefficient (Wildman–Crippen LogP) is 1.70. The summed E-state index contributed by atoms with van der Waals surface area (Å²) in [7, 11) is 0. The SMILES string of the molecule is CC(C)(CN)OCC1CCC(C)(C)O1. The highest BCUT2D eigenvalue weighted by Crippen LogP contribution is 2.29. The second-order valence-electron chi connectivity index (χ2n) is 5.31. The van der Waals surface area contributed by atoms with Gasteiger partial charge >= 0.3 is 0 Å². The Bertz CT molecular complexity index is 190. The fraction of sp³-hybridized carbons (Fsp3) is 1.00. The van der Waals surface area contributed by atoms with Gasteiger partial charge in [0.1, 0.15) is 0 Å². The predicted molar refractivity (Wildman–Crippen MR) is 57.3 cm³/mol. The van der Waals surface area contributed by atoms with Crippen molar-refractivity contribution in [3.05, 3.63) is 0 Å². The second kappa shape index (κ2) is 4.17. The first kappa shape index (κ1) is 12.0. The Morgan fingerprint density at radius 2 is 2.14 bits per heavy atom. The van der Waals surface area contributed by atoms with E-state index in [-0.39, 0.29) is 17.3 Å². The molecule has 2 N–H and O–H groups in total. The molecule has 84 valence electrons. The molecule has 1 fully saturated rings. The zero-order valence-electron chi connectivity index (χ0n) is 9.80. The maximum absolute atomic E-state index is 5.82. The summed E-state index contributed by atoms with van der Waals surface area (Å²) in [5.41, 5.74) is 5.38. The van der Waals surface area contributed by atoms with Gasteiger partial charge in [0.05, 0.1) is 23.9 Å². The molecule has 0 spiro atoms. The van der Waals surface area contributed by atoms with Crippen LogP contribution < -0.4 is 5.73 Å². The molecule has 1 atom stereocenters. The van der Waals surface area contributed by atoms with Crippen LogP contribution in [0.15, 0.2) is 0 Å². The molecular formula is C11H23NO2. The third kappa shape index (κ3) is 3.56. The highest BCUT2D eigenvalue weighted by Gasteiger charge is 2.32. The summed E-state index contributed by atoms with van der Waals surface area (Å²) in [5, 5.41) is 0. The number of rotatable bonds is 4. The van der Waals surface area contributed by atoms with Crippen molar-refractivity contribution in [3.63, 3.8) is 0 Å². The molecule has 0 aromatic rings. The van der Waals surface area contributed by atoms with E-state index in [9.17, 15) is 0 Å². The van der Waals surface area contributed by atoms with Crippen molar-refractivity contribution in [2.24, 2.45) is 5.73 Å². The monoisotopic (exact) mass is 201 g/mol. The Labute approximate surface area is 86.9 Å². The van der Waals surface area contributed by atoms with E-state index >= 15 is 0 Å². The Morgan fingerprint density at radius 3 is 2.57 bits per heavy atom. The molecule has 0 bridgehead atoms. The first-order valence-electron chi connectivity index (χ1n) is 5.36. The summed E-state index contributed by atoms with van der Waals surface area (Å²) in [4.78, 5) is 0. The van der Waals surface area contributed by atoms with Gasteiger partial charge in [-0.1, -0.05) is 0 Å². The van der Waals surface area contributed by atoms with Gasteiger partial charge in [-0.05, 0) is 40.5 Å². The summed E-state index contributed by atoms with van der Waals surface area (Å²) in [6, 6.07) is 0. The van der Waals surface area contributed by atoms with Crippen molar-refractivity contribution in [3.8, 4) is 0 Å². The van der Waals surface area contributed by atoms with Crippen LogP contribution in [-0.4, -0.2) is 30.5 Å². The maximum Gasteiger partial charge on any atom is 0.0817 e. The van der Waals surface area contributed by atoms with Crippen LogP contribution in [0.5, 0.6) is 0 Å². The minimum Gasteiger partial charge on any atom is -0.372 e. The fourth-order valence-electron chi connectivity index (χ4n) is 1.57. The lowest BCUT2D eigenvalue weighted by molar-refractivity contribution is -0.0923. The zero-order chi connectivity index (χ0) is 10.8. The molecule has 0 amide bonds. The molecule has 3 nitrogen and oxygen atoms in total. The minimum absolute atomic E-state index is 0.0287. The van der Waals surface area contributed by atoms with Gasteiger partial charge < -0.3 is 15.2 Å². The van der Waals surface area contributed by atoms with Crippen molar-refractivity contribution in [1.82, 2.24) is 0 Å². The first-order valence-corrected chi connectivity index (χ1v) is 5.36. The summed E-state index contributed by atoms with van der Waals surface area (Å²) >= 11 is 0. The minimum atomic E-state index is -0.226. The normalized spacial score (nSPS) is 26.8. The lowest BCUT2D eigenvalue weighted by Gasteiger charge is -2.26.